The smallest absolute Gasteiger partial charge is 0.226 e. The molecule has 1 saturated heterocycles. The molecule has 1 aromatic rings. The lowest BCUT2D eigenvalue weighted by atomic mass is 9.97. The molecule has 3 atom stereocenters. The largest absolute Gasteiger partial charge is 0.369 e. The number of primary amides is 1. The third-order valence-corrected chi connectivity index (χ3v) is 4.60. The Hall–Kier alpha value is -1.06. The van der Waals surface area contributed by atoms with Crippen molar-refractivity contribution >= 4 is 17.5 Å². The highest BCUT2D eigenvalue weighted by Crippen LogP contribution is 2.24. The number of likely N-dealkylation sites (tertiary alicyclic amines) is 1. The van der Waals surface area contributed by atoms with Crippen molar-refractivity contribution in [2.45, 2.75) is 32.6 Å². The van der Waals surface area contributed by atoms with E-state index in [-0.39, 0.29) is 11.8 Å². The number of nitrogens with two attached hydrogens (primary N) is 1. The van der Waals surface area contributed by atoms with Gasteiger partial charge in [0.05, 0.1) is 5.92 Å². The van der Waals surface area contributed by atoms with Gasteiger partial charge in [0.15, 0.2) is 0 Å². The molecule has 0 bridgehead atoms. The number of benzene rings is 1. The van der Waals surface area contributed by atoms with E-state index >= 15 is 0 Å². The molecule has 116 valence electrons. The molecule has 0 unspecified atom stereocenters. The van der Waals surface area contributed by atoms with Crippen LogP contribution in [-0.2, 0) is 4.79 Å². The molecule has 2 rings (SSSR count). The highest BCUT2D eigenvalue weighted by molar-refractivity contribution is 6.30. The highest BCUT2D eigenvalue weighted by Gasteiger charge is 2.25. The maximum atomic E-state index is 11.9. The SMILES string of the molecule is C[C@@H]1CC[C@H](C)CN(C[C@@H](C(N)=O)c2ccc(Cl)cc2)C1. The molecule has 1 amide bonds. The van der Waals surface area contributed by atoms with Gasteiger partial charge in [-0.05, 0) is 42.4 Å². The van der Waals surface area contributed by atoms with E-state index < -0.39 is 0 Å². The van der Waals surface area contributed by atoms with Crippen LogP contribution in [0.5, 0.6) is 0 Å². The second-order valence-corrected chi connectivity index (χ2v) is 6.95. The van der Waals surface area contributed by atoms with Crippen molar-refractivity contribution in [3.05, 3.63) is 34.9 Å². The monoisotopic (exact) mass is 308 g/mol. The number of hydrogen-bond donors (Lipinski definition) is 1. The Morgan fingerprint density at radius 3 is 2.24 bits per heavy atom. The Morgan fingerprint density at radius 1 is 1.24 bits per heavy atom. The van der Waals surface area contributed by atoms with Crippen molar-refractivity contribution in [3.63, 3.8) is 0 Å². The van der Waals surface area contributed by atoms with E-state index in [0.717, 1.165) is 18.7 Å². The van der Waals surface area contributed by atoms with Crippen molar-refractivity contribution in [2.24, 2.45) is 17.6 Å². The van der Waals surface area contributed by atoms with Crippen LogP contribution in [0.25, 0.3) is 0 Å². The number of rotatable bonds is 4. The summed E-state index contributed by atoms with van der Waals surface area (Å²) < 4.78 is 0. The van der Waals surface area contributed by atoms with Gasteiger partial charge in [0.1, 0.15) is 0 Å². The predicted molar refractivity (Wildman–Crippen MR) is 87.4 cm³/mol. The van der Waals surface area contributed by atoms with E-state index in [1.54, 1.807) is 0 Å². The minimum atomic E-state index is -0.264. The van der Waals surface area contributed by atoms with Crippen molar-refractivity contribution < 1.29 is 4.79 Å². The maximum Gasteiger partial charge on any atom is 0.226 e. The van der Waals surface area contributed by atoms with Gasteiger partial charge in [-0.3, -0.25) is 4.79 Å². The molecule has 2 N–H and O–H groups in total. The van der Waals surface area contributed by atoms with Gasteiger partial charge in [-0.25, -0.2) is 0 Å². The number of carbonyl (C=O) groups excluding carboxylic acids is 1. The van der Waals surface area contributed by atoms with Crippen molar-refractivity contribution in [3.8, 4) is 0 Å². The van der Waals surface area contributed by atoms with Crippen LogP contribution >= 0.6 is 11.6 Å². The molecule has 4 heteroatoms. The molecule has 1 aromatic carbocycles. The Labute approximate surface area is 132 Å². The molecule has 21 heavy (non-hydrogen) atoms. The average molecular weight is 309 g/mol. The molecule has 0 spiro atoms. The molecular weight excluding hydrogens is 284 g/mol. The minimum absolute atomic E-state index is 0.262. The molecule has 0 radical (unpaired) electrons. The number of hydrogen-bond acceptors (Lipinski definition) is 2. The third kappa shape index (κ3) is 4.72. The second-order valence-electron chi connectivity index (χ2n) is 6.51. The van der Waals surface area contributed by atoms with E-state index in [0.29, 0.717) is 23.4 Å². The van der Waals surface area contributed by atoms with Crippen LogP contribution in [0.15, 0.2) is 24.3 Å². The zero-order valence-corrected chi connectivity index (χ0v) is 13.6. The van der Waals surface area contributed by atoms with Crippen LogP contribution in [-0.4, -0.2) is 30.4 Å². The molecule has 0 aliphatic carbocycles. The molecule has 3 nitrogen and oxygen atoms in total. The zero-order chi connectivity index (χ0) is 15.4. The van der Waals surface area contributed by atoms with E-state index in [1.807, 2.05) is 24.3 Å². The first-order valence-electron chi connectivity index (χ1n) is 7.73. The maximum absolute atomic E-state index is 11.9. The highest BCUT2D eigenvalue weighted by atomic mass is 35.5. The van der Waals surface area contributed by atoms with Gasteiger partial charge in [-0.2, -0.15) is 0 Å². The van der Waals surface area contributed by atoms with Gasteiger partial charge in [-0.15, -0.1) is 0 Å². The van der Waals surface area contributed by atoms with Crippen LogP contribution in [0.2, 0.25) is 5.02 Å². The molecule has 1 aliphatic rings. The topological polar surface area (TPSA) is 46.3 Å². The third-order valence-electron chi connectivity index (χ3n) is 4.35. The lowest BCUT2D eigenvalue weighted by molar-refractivity contribution is -0.119. The predicted octanol–water partition coefficient (Wildman–Crippen LogP) is 3.28. The lowest BCUT2D eigenvalue weighted by Crippen LogP contribution is -2.38. The number of halogens is 1. The summed E-state index contributed by atoms with van der Waals surface area (Å²) >= 11 is 5.92. The van der Waals surface area contributed by atoms with Crippen molar-refractivity contribution in [2.75, 3.05) is 19.6 Å². The number of carbonyl (C=O) groups is 1. The van der Waals surface area contributed by atoms with E-state index in [1.165, 1.54) is 12.8 Å². The zero-order valence-electron chi connectivity index (χ0n) is 12.9. The fraction of sp³-hybridized carbons (Fsp3) is 0.588. The minimum Gasteiger partial charge on any atom is -0.369 e. The fourth-order valence-corrected chi connectivity index (χ4v) is 3.30. The summed E-state index contributed by atoms with van der Waals surface area (Å²) in [6.45, 7) is 7.36. The molecule has 1 heterocycles. The summed E-state index contributed by atoms with van der Waals surface area (Å²) in [6.07, 6.45) is 2.53. The normalized spacial score (nSPS) is 25.3. The molecule has 1 aliphatic heterocycles. The van der Waals surface area contributed by atoms with Crippen LogP contribution in [0, 0.1) is 11.8 Å². The second kappa shape index (κ2) is 7.28. The van der Waals surface area contributed by atoms with Gasteiger partial charge in [0.2, 0.25) is 5.91 Å². The van der Waals surface area contributed by atoms with Crippen molar-refractivity contribution in [1.82, 2.24) is 4.90 Å². The Morgan fingerprint density at radius 2 is 1.76 bits per heavy atom. The lowest BCUT2D eigenvalue weighted by Gasteiger charge is -2.27. The first-order chi connectivity index (χ1) is 9.95. The van der Waals surface area contributed by atoms with E-state index in [2.05, 4.69) is 18.7 Å². The Kier molecular flexibility index (Phi) is 5.65. The summed E-state index contributed by atoms with van der Waals surface area (Å²) in [5, 5.41) is 0.680. The van der Waals surface area contributed by atoms with Gasteiger partial charge < -0.3 is 10.6 Å². The summed E-state index contributed by atoms with van der Waals surface area (Å²) in [7, 11) is 0. The first-order valence-corrected chi connectivity index (χ1v) is 8.10. The standard InChI is InChI=1S/C17H25ClN2O/c1-12-3-4-13(2)10-20(9-12)11-16(17(19)21)14-5-7-15(18)8-6-14/h5-8,12-13,16H,3-4,9-11H2,1-2H3,(H2,19,21)/t12-,13+,16-/m1/s1. The fourth-order valence-electron chi connectivity index (χ4n) is 3.17. The van der Waals surface area contributed by atoms with Gasteiger partial charge in [0.25, 0.3) is 0 Å². The van der Waals surface area contributed by atoms with Gasteiger partial charge in [-0.1, -0.05) is 37.6 Å². The summed E-state index contributed by atoms with van der Waals surface area (Å²) in [5.74, 6) is 0.823. The van der Waals surface area contributed by atoms with Gasteiger partial charge >= 0.3 is 0 Å². The molecular formula is C17H25ClN2O. The van der Waals surface area contributed by atoms with E-state index in [9.17, 15) is 4.79 Å². The molecule has 0 aromatic heterocycles. The van der Waals surface area contributed by atoms with Crippen LogP contribution in [0.1, 0.15) is 38.2 Å². The quantitative estimate of drug-likeness (QED) is 0.928. The van der Waals surface area contributed by atoms with Gasteiger partial charge in [0, 0.05) is 24.7 Å². The summed E-state index contributed by atoms with van der Waals surface area (Å²) in [4.78, 5) is 14.3. The van der Waals surface area contributed by atoms with Crippen LogP contribution in [0.3, 0.4) is 0 Å². The average Bonchev–Trinajstić information content (AvgIpc) is 2.58. The van der Waals surface area contributed by atoms with Crippen LogP contribution < -0.4 is 5.73 Å². The summed E-state index contributed by atoms with van der Waals surface area (Å²) in [5.41, 5.74) is 6.59. The number of nitrogens with zero attached hydrogens (tertiary/aromatic N) is 1. The van der Waals surface area contributed by atoms with Crippen LogP contribution in [0.4, 0.5) is 0 Å². The van der Waals surface area contributed by atoms with E-state index in [4.69, 9.17) is 17.3 Å². The number of amides is 1. The molecule has 1 fully saturated rings. The summed E-state index contributed by atoms with van der Waals surface area (Å²) in [6, 6.07) is 7.45. The van der Waals surface area contributed by atoms with Crippen molar-refractivity contribution in [1.29, 1.82) is 0 Å². The first kappa shape index (κ1) is 16.3. The molecule has 0 saturated carbocycles. The Bertz CT molecular complexity index is 462. The Balaban J connectivity index is 2.11.